The Morgan fingerprint density at radius 3 is 2.71 bits per heavy atom. The zero-order chi connectivity index (χ0) is 10.6. The molecule has 1 rings (SSSR count). The van der Waals surface area contributed by atoms with Crippen molar-refractivity contribution in [3.05, 3.63) is 12.7 Å². The summed E-state index contributed by atoms with van der Waals surface area (Å²) in [5.41, 5.74) is 0. The highest BCUT2D eigenvalue weighted by molar-refractivity contribution is 4.88. The van der Waals surface area contributed by atoms with Gasteiger partial charge in [0.2, 0.25) is 0 Å². The number of aliphatic hydroxyl groups is 3. The summed E-state index contributed by atoms with van der Waals surface area (Å²) in [4.78, 5) is 0. The van der Waals surface area contributed by atoms with Crippen molar-refractivity contribution < 1.29 is 24.8 Å². The highest BCUT2D eigenvalue weighted by Gasteiger charge is 2.39. The van der Waals surface area contributed by atoms with Crippen molar-refractivity contribution in [2.75, 3.05) is 19.8 Å². The Labute approximate surface area is 82.6 Å². The van der Waals surface area contributed by atoms with Crippen molar-refractivity contribution >= 4 is 0 Å². The lowest BCUT2D eigenvalue weighted by Gasteiger charge is -2.23. The van der Waals surface area contributed by atoms with Crippen LogP contribution in [0.1, 0.15) is 0 Å². The molecule has 3 N–H and O–H groups in total. The quantitative estimate of drug-likeness (QED) is 0.484. The molecule has 14 heavy (non-hydrogen) atoms. The summed E-state index contributed by atoms with van der Waals surface area (Å²) < 4.78 is 10.3. The topological polar surface area (TPSA) is 79.2 Å². The van der Waals surface area contributed by atoms with Crippen LogP contribution in [0.25, 0.3) is 0 Å². The summed E-state index contributed by atoms with van der Waals surface area (Å²) in [6.07, 6.45) is -1.66. The van der Waals surface area contributed by atoms with Crippen LogP contribution in [0.5, 0.6) is 0 Å². The molecule has 4 atom stereocenters. The molecule has 0 aliphatic carbocycles. The molecule has 0 bridgehead atoms. The van der Waals surface area contributed by atoms with Gasteiger partial charge in [0.25, 0.3) is 0 Å². The van der Waals surface area contributed by atoms with Crippen LogP contribution in [0.3, 0.4) is 0 Å². The van der Waals surface area contributed by atoms with Gasteiger partial charge in [0.05, 0.1) is 19.8 Å². The van der Waals surface area contributed by atoms with Crippen LogP contribution in [0.15, 0.2) is 12.7 Å². The third kappa shape index (κ3) is 2.52. The van der Waals surface area contributed by atoms with E-state index in [-0.39, 0.29) is 19.8 Å². The van der Waals surface area contributed by atoms with Crippen LogP contribution in [0.2, 0.25) is 0 Å². The molecule has 5 heteroatoms. The van der Waals surface area contributed by atoms with Crippen LogP contribution in [0, 0.1) is 0 Å². The molecule has 0 aromatic carbocycles. The van der Waals surface area contributed by atoms with Gasteiger partial charge in [-0.25, -0.2) is 0 Å². The van der Waals surface area contributed by atoms with E-state index in [1.807, 2.05) is 0 Å². The van der Waals surface area contributed by atoms with Crippen molar-refractivity contribution in [3.8, 4) is 0 Å². The second-order valence-corrected chi connectivity index (χ2v) is 3.20. The van der Waals surface area contributed by atoms with E-state index < -0.39 is 24.4 Å². The molecule has 1 saturated heterocycles. The van der Waals surface area contributed by atoms with E-state index in [2.05, 4.69) is 6.58 Å². The number of aliphatic hydroxyl groups excluding tert-OH is 3. The van der Waals surface area contributed by atoms with Crippen molar-refractivity contribution in [2.45, 2.75) is 24.4 Å². The summed E-state index contributed by atoms with van der Waals surface area (Å²) >= 11 is 0. The van der Waals surface area contributed by atoms with Gasteiger partial charge in [-0.05, 0) is 0 Å². The number of hydrogen-bond donors (Lipinski definition) is 3. The Balaban J connectivity index is 2.47. The average Bonchev–Trinajstić information content (AvgIpc) is 2.51. The second-order valence-electron chi connectivity index (χ2n) is 3.20. The molecule has 0 aromatic rings. The molecule has 1 fully saturated rings. The van der Waals surface area contributed by atoms with E-state index in [1.165, 1.54) is 0 Å². The molecule has 0 saturated carbocycles. The summed E-state index contributed by atoms with van der Waals surface area (Å²) in [5.74, 6) is 0. The Hall–Kier alpha value is -0.460. The minimum Gasteiger partial charge on any atom is -0.394 e. The van der Waals surface area contributed by atoms with Crippen LogP contribution in [0.4, 0.5) is 0 Å². The van der Waals surface area contributed by atoms with Crippen LogP contribution in [-0.2, 0) is 9.47 Å². The predicted molar refractivity (Wildman–Crippen MR) is 48.8 cm³/mol. The lowest BCUT2D eigenvalue weighted by molar-refractivity contribution is -0.0941. The number of ether oxygens (including phenoxy) is 2. The molecular formula is C9H16O5. The van der Waals surface area contributed by atoms with Crippen LogP contribution >= 0.6 is 0 Å². The maximum Gasteiger partial charge on any atom is 0.114 e. The van der Waals surface area contributed by atoms with Crippen molar-refractivity contribution in [2.24, 2.45) is 0 Å². The smallest absolute Gasteiger partial charge is 0.114 e. The molecule has 0 radical (unpaired) electrons. The molecule has 5 nitrogen and oxygen atoms in total. The van der Waals surface area contributed by atoms with Crippen molar-refractivity contribution in [1.82, 2.24) is 0 Å². The Kier molecular flexibility index (Phi) is 4.50. The van der Waals surface area contributed by atoms with E-state index >= 15 is 0 Å². The van der Waals surface area contributed by atoms with E-state index in [4.69, 9.17) is 14.6 Å². The second kappa shape index (κ2) is 5.43. The first kappa shape index (κ1) is 11.6. The summed E-state index contributed by atoms with van der Waals surface area (Å²) in [6, 6.07) is 0. The van der Waals surface area contributed by atoms with Gasteiger partial charge in [0.1, 0.15) is 24.4 Å². The normalized spacial score (nSPS) is 34.4. The lowest BCUT2D eigenvalue weighted by atomic mass is 10.1. The van der Waals surface area contributed by atoms with E-state index in [9.17, 15) is 10.2 Å². The maximum atomic E-state index is 9.47. The highest BCUT2D eigenvalue weighted by Crippen LogP contribution is 2.19. The van der Waals surface area contributed by atoms with E-state index in [0.717, 1.165) is 0 Å². The number of hydrogen-bond acceptors (Lipinski definition) is 5. The first-order valence-electron chi connectivity index (χ1n) is 4.51. The first-order chi connectivity index (χ1) is 6.70. The van der Waals surface area contributed by atoms with Gasteiger partial charge in [-0.1, -0.05) is 6.08 Å². The molecule has 0 unspecified atom stereocenters. The first-order valence-corrected chi connectivity index (χ1v) is 4.51. The molecule has 1 aliphatic rings. The lowest BCUT2D eigenvalue weighted by Crippen LogP contribution is -2.42. The monoisotopic (exact) mass is 204 g/mol. The van der Waals surface area contributed by atoms with Gasteiger partial charge in [0, 0.05) is 0 Å². The largest absolute Gasteiger partial charge is 0.394 e. The molecule has 0 spiro atoms. The standard InChI is InChI=1S/C9H16O5/c1-2-3-13-7(4-10)9-8(12)6(11)5-14-9/h2,6-12H,1,3-5H2/t6-,7+,8+,9+/m0/s1. The Morgan fingerprint density at radius 2 is 2.29 bits per heavy atom. The third-order valence-electron chi connectivity index (χ3n) is 2.16. The molecule has 82 valence electrons. The van der Waals surface area contributed by atoms with Gasteiger partial charge in [-0.2, -0.15) is 0 Å². The van der Waals surface area contributed by atoms with E-state index in [1.54, 1.807) is 6.08 Å². The van der Waals surface area contributed by atoms with Gasteiger partial charge >= 0.3 is 0 Å². The molecule has 1 aliphatic heterocycles. The predicted octanol–water partition coefficient (Wildman–Crippen LogP) is -1.33. The van der Waals surface area contributed by atoms with Crippen molar-refractivity contribution in [3.63, 3.8) is 0 Å². The van der Waals surface area contributed by atoms with Gasteiger partial charge in [0.15, 0.2) is 0 Å². The minimum atomic E-state index is -1.00. The SMILES string of the molecule is C=CCO[C@H](CO)[C@H]1OC[C@H](O)[C@H]1O. The molecule has 0 amide bonds. The van der Waals surface area contributed by atoms with Gasteiger partial charge in [-0.15, -0.1) is 6.58 Å². The molecule has 0 aromatic heterocycles. The summed E-state index contributed by atoms with van der Waals surface area (Å²) in [6.45, 7) is 3.55. The fraction of sp³-hybridized carbons (Fsp3) is 0.778. The fourth-order valence-corrected chi connectivity index (χ4v) is 1.40. The van der Waals surface area contributed by atoms with Crippen LogP contribution < -0.4 is 0 Å². The Morgan fingerprint density at radius 1 is 1.57 bits per heavy atom. The zero-order valence-corrected chi connectivity index (χ0v) is 7.87. The van der Waals surface area contributed by atoms with Gasteiger partial charge in [-0.3, -0.25) is 0 Å². The van der Waals surface area contributed by atoms with E-state index in [0.29, 0.717) is 0 Å². The third-order valence-corrected chi connectivity index (χ3v) is 2.16. The molecular weight excluding hydrogens is 188 g/mol. The summed E-state index contributed by atoms with van der Waals surface area (Å²) in [7, 11) is 0. The Bertz CT molecular complexity index is 184. The van der Waals surface area contributed by atoms with Gasteiger partial charge < -0.3 is 24.8 Å². The van der Waals surface area contributed by atoms with Crippen LogP contribution in [-0.4, -0.2) is 59.6 Å². The maximum absolute atomic E-state index is 9.47. The average molecular weight is 204 g/mol. The number of rotatable bonds is 5. The fourth-order valence-electron chi connectivity index (χ4n) is 1.40. The molecule has 1 heterocycles. The van der Waals surface area contributed by atoms with Crippen molar-refractivity contribution in [1.29, 1.82) is 0 Å². The zero-order valence-electron chi connectivity index (χ0n) is 7.87. The minimum absolute atomic E-state index is 0.0692. The highest BCUT2D eigenvalue weighted by atomic mass is 16.6. The summed E-state index contributed by atoms with van der Waals surface area (Å²) in [5, 5.41) is 27.7.